The molecule has 1 aromatic carbocycles. The molecule has 0 saturated carbocycles. The van der Waals surface area contributed by atoms with Crippen LogP contribution in [0.5, 0.6) is 11.5 Å². The normalized spacial score (nSPS) is 14.6. The molecule has 0 bridgehead atoms. The van der Waals surface area contributed by atoms with Crippen molar-refractivity contribution in [3.63, 3.8) is 0 Å². The van der Waals surface area contributed by atoms with Crippen molar-refractivity contribution in [1.29, 1.82) is 0 Å². The lowest BCUT2D eigenvalue weighted by molar-refractivity contribution is -0.151. The third-order valence-electron chi connectivity index (χ3n) is 4.08. The summed E-state index contributed by atoms with van der Waals surface area (Å²) in [5.74, 6) is -0.610. The van der Waals surface area contributed by atoms with Crippen LogP contribution in [0, 0.1) is 11.8 Å². The molecule has 1 heterocycles. The second-order valence-corrected chi connectivity index (χ2v) is 9.17. The molecule has 10 heteroatoms. The van der Waals surface area contributed by atoms with Gasteiger partial charge in [-0.15, -0.1) is 0 Å². The fourth-order valence-corrected chi connectivity index (χ4v) is 3.83. The number of esters is 1. The number of benzene rings is 1. The molecule has 2 rings (SSSR count). The van der Waals surface area contributed by atoms with Crippen LogP contribution in [0.25, 0.3) is 0 Å². The smallest absolute Gasteiger partial charge is 0.324 e. The molecular weight excluding hydrogens is 400 g/mol. The molecule has 0 fully saturated rings. The monoisotopic (exact) mass is 428 g/mol. The number of ether oxygens (including phenoxy) is 3. The highest BCUT2D eigenvalue weighted by molar-refractivity contribution is 7.89. The summed E-state index contributed by atoms with van der Waals surface area (Å²) in [7, 11) is -4.03. The van der Waals surface area contributed by atoms with E-state index in [-0.39, 0.29) is 10.8 Å². The molecule has 1 amide bonds. The van der Waals surface area contributed by atoms with Gasteiger partial charge in [-0.3, -0.25) is 9.59 Å². The Balaban J connectivity index is 2.05. The van der Waals surface area contributed by atoms with Crippen molar-refractivity contribution in [2.45, 2.75) is 38.6 Å². The summed E-state index contributed by atoms with van der Waals surface area (Å²) >= 11 is 0. The molecule has 1 aliphatic heterocycles. The zero-order valence-corrected chi connectivity index (χ0v) is 17.9. The zero-order chi connectivity index (χ0) is 21.6. The number of amides is 1. The number of fused-ring (bicyclic) bond motifs is 1. The molecule has 1 unspecified atom stereocenters. The van der Waals surface area contributed by atoms with Crippen LogP contribution in [-0.2, 0) is 24.3 Å². The van der Waals surface area contributed by atoms with Gasteiger partial charge in [0.1, 0.15) is 19.3 Å². The average Bonchev–Trinajstić information content (AvgIpc) is 2.68. The van der Waals surface area contributed by atoms with Crippen LogP contribution < -0.4 is 19.5 Å². The third-order valence-corrected chi connectivity index (χ3v) is 5.52. The molecule has 1 aliphatic rings. The highest BCUT2D eigenvalue weighted by Gasteiger charge is 2.31. The Bertz CT molecular complexity index is 837. The van der Waals surface area contributed by atoms with Crippen LogP contribution in [0.1, 0.15) is 27.7 Å². The fraction of sp³-hybridized carbons (Fsp3) is 0.579. The van der Waals surface area contributed by atoms with Crippen molar-refractivity contribution in [2.75, 3.05) is 26.4 Å². The van der Waals surface area contributed by atoms with E-state index in [1.807, 2.05) is 13.8 Å². The van der Waals surface area contributed by atoms with E-state index < -0.39 is 40.5 Å². The van der Waals surface area contributed by atoms with E-state index in [0.29, 0.717) is 31.3 Å². The summed E-state index contributed by atoms with van der Waals surface area (Å²) in [5.41, 5.74) is 0. The van der Waals surface area contributed by atoms with Gasteiger partial charge in [0.15, 0.2) is 18.1 Å². The van der Waals surface area contributed by atoms with Crippen molar-refractivity contribution in [3.05, 3.63) is 18.2 Å². The molecule has 1 aromatic rings. The third kappa shape index (κ3) is 6.60. The lowest BCUT2D eigenvalue weighted by Crippen LogP contribution is -2.46. The lowest BCUT2D eigenvalue weighted by Gasteiger charge is -2.22. The van der Waals surface area contributed by atoms with Gasteiger partial charge in [0.25, 0.3) is 5.91 Å². The number of carbonyl (C=O) groups is 2. The van der Waals surface area contributed by atoms with E-state index >= 15 is 0 Å². The Kier molecular flexibility index (Phi) is 7.86. The quantitative estimate of drug-likeness (QED) is 0.565. The van der Waals surface area contributed by atoms with Crippen molar-refractivity contribution in [2.24, 2.45) is 11.8 Å². The lowest BCUT2D eigenvalue weighted by atomic mass is 10.1. The number of hydrogen-bond donors (Lipinski definition) is 2. The van der Waals surface area contributed by atoms with Gasteiger partial charge in [-0.25, -0.2) is 8.42 Å². The summed E-state index contributed by atoms with van der Waals surface area (Å²) in [6, 6.07) is 3.08. The van der Waals surface area contributed by atoms with Gasteiger partial charge in [-0.2, -0.15) is 4.72 Å². The molecule has 0 radical (unpaired) electrons. The molecular formula is C19H28N2O7S. The molecule has 0 aromatic heterocycles. The van der Waals surface area contributed by atoms with E-state index in [1.54, 1.807) is 13.8 Å². The summed E-state index contributed by atoms with van der Waals surface area (Å²) in [5, 5.41) is 2.63. The van der Waals surface area contributed by atoms with Crippen LogP contribution >= 0.6 is 0 Å². The minimum Gasteiger partial charge on any atom is -0.486 e. The first-order valence-electron chi connectivity index (χ1n) is 9.45. The predicted octanol–water partition coefficient (Wildman–Crippen LogP) is 1.08. The second kappa shape index (κ2) is 9.93. The highest BCUT2D eigenvalue weighted by atomic mass is 32.2. The van der Waals surface area contributed by atoms with E-state index in [1.165, 1.54) is 18.2 Å². The van der Waals surface area contributed by atoms with E-state index in [4.69, 9.17) is 14.2 Å². The molecule has 29 heavy (non-hydrogen) atoms. The van der Waals surface area contributed by atoms with E-state index in [2.05, 4.69) is 10.0 Å². The summed E-state index contributed by atoms with van der Waals surface area (Å²) < 4.78 is 43.7. The second-order valence-electron chi connectivity index (χ2n) is 7.45. The molecule has 9 nitrogen and oxygen atoms in total. The van der Waals surface area contributed by atoms with Crippen LogP contribution in [0.3, 0.4) is 0 Å². The highest BCUT2D eigenvalue weighted by Crippen LogP contribution is 2.32. The van der Waals surface area contributed by atoms with Crippen molar-refractivity contribution < 1.29 is 32.2 Å². The van der Waals surface area contributed by atoms with E-state index in [9.17, 15) is 18.0 Å². The maximum absolute atomic E-state index is 12.8. The number of rotatable bonds is 9. The topological polar surface area (TPSA) is 120 Å². The summed E-state index contributed by atoms with van der Waals surface area (Å²) in [6.07, 6.45) is 0. The van der Waals surface area contributed by atoms with Crippen LogP contribution in [0.2, 0.25) is 0 Å². The Labute approximate surface area is 171 Å². The van der Waals surface area contributed by atoms with Gasteiger partial charge in [0.2, 0.25) is 10.0 Å². The van der Waals surface area contributed by atoms with Crippen LogP contribution in [-0.4, -0.2) is 52.7 Å². The van der Waals surface area contributed by atoms with Gasteiger partial charge in [0, 0.05) is 12.6 Å². The molecule has 0 aliphatic carbocycles. The van der Waals surface area contributed by atoms with E-state index in [0.717, 1.165) is 0 Å². The van der Waals surface area contributed by atoms with Crippen molar-refractivity contribution in [3.8, 4) is 11.5 Å². The number of nitrogens with one attached hydrogen (secondary N) is 2. The molecule has 2 N–H and O–H groups in total. The largest absolute Gasteiger partial charge is 0.486 e. The summed E-state index contributed by atoms with van der Waals surface area (Å²) in [4.78, 5) is 24.1. The minimum absolute atomic E-state index is 0.0603. The average molecular weight is 429 g/mol. The first-order valence-corrected chi connectivity index (χ1v) is 10.9. The van der Waals surface area contributed by atoms with Gasteiger partial charge in [-0.05, 0) is 24.0 Å². The minimum atomic E-state index is -4.03. The van der Waals surface area contributed by atoms with Crippen LogP contribution in [0.15, 0.2) is 23.1 Å². The first kappa shape index (κ1) is 23.0. The van der Waals surface area contributed by atoms with Gasteiger partial charge >= 0.3 is 5.97 Å². The molecule has 0 saturated heterocycles. The van der Waals surface area contributed by atoms with Gasteiger partial charge in [-0.1, -0.05) is 27.7 Å². The Morgan fingerprint density at radius 2 is 1.76 bits per heavy atom. The van der Waals surface area contributed by atoms with Crippen LogP contribution in [0.4, 0.5) is 0 Å². The first-order chi connectivity index (χ1) is 13.6. The number of hydrogen-bond acceptors (Lipinski definition) is 7. The van der Waals surface area contributed by atoms with Crippen molar-refractivity contribution >= 4 is 21.9 Å². The predicted molar refractivity (Wildman–Crippen MR) is 105 cm³/mol. The van der Waals surface area contributed by atoms with Crippen molar-refractivity contribution in [1.82, 2.24) is 10.0 Å². The standard InChI is InChI=1S/C19H28N2O7S/c1-12(2)10-20-17(22)11-28-19(23)18(13(3)4)21-29(24,25)14-5-6-15-16(9-14)27-8-7-26-15/h5-6,9,12-13,18,21H,7-8,10-11H2,1-4H3,(H,20,22). The Morgan fingerprint density at radius 1 is 1.10 bits per heavy atom. The molecule has 0 spiro atoms. The molecule has 1 atom stereocenters. The fourth-order valence-electron chi connectivity index (χ4n) is 2.48. The zero-order valence-electron chi connectivity index (χ0n) is 17.1. The maximum atomic E-state index is 12.8. The Hall–Kier alpha value is -2.33. The number of sulfonamides is 1. The SMILES string of the molecule is CC(C)CNC(=O)COC(=O)C(NS(=O)(=O)c1ccc2c(c1)OCCO2)C(C)C. The van der Waals surface area contributed by atoms with Gasteiger partial charge in [0.05, 0.1) is 4.90 Å². The molecule has 162 valence electrons. The summed E-state index contributed by atoms with van der Waals surface area (Å²) in [6.45, 7) is 7.93. The Morgan fingerprint density at radius 3 is 2.38 bits per heavy atom. The number of carbonyl (C=O) groups excluding carboxylic acids is 2. The maximum Gasteiger partial charge on any atom is 0.324 e. The van der Waals surface area contributed by atoms with Gasteiger partial charge < -0.3 is 19.5 Å².